The number of hydrogen-bond donors (Lipinski definition) is 2. The second-order valence-corrected chi connectivity index (χ2v) is 7.11. The van der Waals surface area contributed by atoms with Gasteiger partial charge in [0.05, 0.1) is 13.2 Å². The molecular formula is C20H23BrN2O5. The number of carbonyl (C=O) groups excluding carboxylic acids is 2. The summed E-state index contributed by atoms with van der Waals surface area (Å²) in [6, 6.07) is 11.9. The zero-order chi connectivity index (χ0) is 20.7. The standard InChI is InChI=1S/C20H23BrN2O5/c1-12(2)27-17-10-5-14(11-18(17)26-4)20(25)23-22-19(24)13(3)28-16-8-6-15(21)7-9-16/h5-13H,1-4H3,(H,22,24)(H,23,25). The van der Waals surface area contributed by atoms with Gasteiger partial charge in [0, 0.05) is 10.0 Å². The first-order chi connectivity index (χ1) is 13.3. The highest BCUT2D eigenvalue weighted by Gasteiger charge is 2.17. The Balaban J connectivity index is 1.93. The fourth-order valence-electron chi connectivity index (χ4n) is 2.22. The van der Waals surface area contributed by atoms with E-state index >= 15 is 0 Å². The number of halogens is 1. The van der Waals surface area contributed by atoms with E-state index in [4.69, 9.17) is 14.2 Å². The molecule has 8 heteroatoms. The van der Waals surface area contributed by atoms with E-state index in [0.717, 1.165) is 4.47 Å². The zero-order valence-corrected chi connectivity index (χ0v) is 17.7. The number of hydrazine groups is 1. The van der Waals surface area contributed by atoms with Gasteiger partial charge < -0.3 is 14.2 Å². The molecule has 7 nitrogen and oxygen atoms in total. The minimum atomic E-state index is -0.794. The summed E-state index contributed by atoms with van der Waals surface area (Å²) in [5, 5.41) is 0. The Morgan fingerprint density at radius 2 is 1.61 bits per heavy atom. The summed E-state index contributed by atoms with van der Waals surface area (Å²) in [4.78, 5) is 24.4. The summed E-state index contributed by atoms with van der Waals surface area (Å²) in [6.45, 7) is 5.38. The third-order valence-electron chi connectivity index (χ3n) is 3.58. The van der Waals surface area contributed by atoms with Crippen molar-refractivity contribution in [2.24, 2.45) is 0 Å². The first-order valence-corrected chi connectivity index (χ1v) is 9.46. The molecule has 0 radical (unpaired) electrons. The molecule has 0 aliphatic carbocycles. The molecule has 2 aromatic carbocycles. The van der Waals surface area contributed by atoms with Crippen molar-refractivity contribution in [2.45, 2.75) is 33.0 Å². The maximum atomic E-state index is 12.3. The van der Waals surface area contributed by atoms with E-state index in [1.54, 1.807) is 37.3 Å². The van der Waals surface area contributed by atoms with Crippen LogP contribution in [0, 0.1) is 0 Å². The third-order valence-corrected chi connectivity index (χ3v) is 4.11. The number of benzene rings is 2. The summed E-state index contributed by atoms with van der Waals surface area (Å²) in [6.07, 6.45) is -0.821. The smallest absolute Gasteiger partial charge is 0.279 e. The molecule has 2 aromatic rings. The van der Waals surface area contributed by atoms with Crippen LogP contribution in [-0.4, -0.2) is 31.1 Å². The molecule has 0 saturated heterocycles. The molecule has 0 aliphatic heterocycles. The van der Waals surface area contributed by atoms with E-state index in [0.29, 0.717) is 22.8 Å². The second kappa shape index (κ2) is 9.98. The van der Waals surface area contributed by atoms with Crippen molar-refractivity contribution in [1.82, 2.24) is 10.9 Å². The molecule has 150 valence electrons. The molecular weight excluding hydrogens is 428 g/mol. The maximum Gasteiger partial charge on any atom is 0.279 e. The normalized spacial score (nSPS) is 11.5. The van der Waals surface area contributed by atoms with Crippen LogP contribution in [0.1, 0.15) is 31.1 Å². The van der Waals surface area contributed by atoms with Gasteiger partial charge in [-0.05, 0) is 63.2 Å². The Kier molecular flexibility index (Phi) is 7.69. The first-order valence-electron chi connectivity index (χ1n) is 8.67. The maximum absolute atomic E-state index is 12.3. The van der Waals surface area contributed by atoms with E-state index in [1.165, 1.54) is 7.11 Å². The van der Waals surface area contributed by atoms with Crippen LogP contribution in [-0.2, 0) is 4.79 Å². The molecule has 2 rings (SSSR count). The van der Waals surface area contributed by atoms with Crippen LogP contribution in [0.4, 0.5) is 0 Å². The lowest BCUT2D eigenvalue weighted by Gasteiger charge is -2.16. The lowest BCUT2D eigenvalue weighted by atomic mass is 10.2. The molecule has 0 heterocycles. The SMILES string of the molecule is COc1cc(C(=O)NNC(=O)C(C)Oc2ccc(Br)cc2)ccc1OC(C)C. The molecule has 1 unspecified atom stereocenters. The van der Waals surface area contributed by atoms with Crippen molar-refractivity contribution in [3.05, 3.63) is 52.5 Å². The number of hydrogen-bond acceptors (Lipinski definition) is 5. The molecule has 0 saturated carbocycles. The van der Waals surface area contributed by atoms with Crippen LogP contribution in [0.25, 0.3) is 0 Å². The summed E-state index contributed by atoms with van der Waals surface area (Å²) in [7, 11) is 1.49. The van der Waals surface area contributed by atoms with Gasteiger partial charge in [-0.2, -0.15) is 0 Å². The topological polar surface area (TPSA) is 85.9 Å². The van der Waals surface area contributed by atoms with E-state index in [2.05, 4.69) is 26.8 Å². The summed E-state index contributed by atoms with van der Waals surface area (Å²) in [5.74, 6) is 0.540. The monoisotopic (exact) mass is 450 g/mol. The Morgan fingerprint density at radius 3 is 2.21 bits per heavy atom. The fraction of sp³-hybridized carbons (Fsp3) is 0.300. The van der Waals surface area contributed by atoms with E-state index in [9.17, 15) is 9.59 Å². The van der Waals surface area contributed by atoms with Gasteiger partial charge in [0.15, 0.2) is 17.6 Å². The van der Waals surface area contributed by atoms with Crippen molar-refractivity contribution in [2.75, 3.05) is 7.11 Å². The summed E-state index contributed by atoms with van der Waals surface area (Å²) in [5.41, 5.74) is 5.03. The predicted molar refractivity (Wildman–Crippen MR) is 109 cm³/mol. The van der Waals surface area contributed by atoms with Gasteiger partial charge in [-0.1, -0.05) is 15.9 Å². The van der Waals surface area contributed by atoms with Gasteiger partial charge in [-0.25, -0.2) is 0 Å². The average molecular weight is 451 g/mol. The first kappa shape index (κ1) is 21.6. The highest BCUT2D eigenvalue weighted by Crippen LogP contribution is 2.28. The fourth-order valence-corrected chi connectivity index (χ4v) is 2.49. The molecule has 0 spiro atoms. The number of amides is 2. The third kappa shape index (κ3) is 6.16. The predicted octanol–water partition coefficient (Wildman–Crippen LogP) is 3.47. The van der Waals surface area contributed by atoms with Crippen LogP contribution in [0.2, 0.25) is 0 Å². The lowest BCUT2D eigenvalue weighted by Crippen LogP contribution is -2.47. The molecule has 0 bridgehead atoms. The number of nitrogens with one attached hydrogen (secondary N) is 2. The van der Waals surface area contributed by atoms with Crippen molar-refractivity contribution < 1.29 is 23.8 Å². The molecule has 2 amide bonds. The van der Waals surface area contributed by atoms with E-state index in [-0.39, 0.29) is 6.10 Å². The van der Waals surface area contributed by atoms with Crippen LogP contribution in [0.15, 0.2) is 46.9 Å². The second-order valence-electron chi connectivity index (χ2n) is 6.19. The highest BCUT2D eigenvalue weighted by molar-refractivity contribution is 9.10. The Morgan fingerprint density at radius 1 is 0.929 bits per heavy atom. The molecule has 1 atom stereocenters. The molecule has 0 aromatic heterocycles. The molecule has 28 heavy (non-hydrogen) atoms. The van der Waals surface area contributed by atoms with Crippen LogP contribution in [0.3, 0.4) is 0 Å². The summed E-state index contributed by atoms with van der Waals surface area (Å²) < 4.78 is 17.3. The Hall–Kier alpha value is -2.74. The minimum Gasteiger partial charge on any atom is -0.493 e. The van der Waals surface area contributed by atoms with Crippen LogP contribution >= 0.6 is 15.9 Å². The van der Waals surface area contributed by atoms with Crippen LogP contribution < -0.4 is 25.1 Å². The van der Waals surface area contributed by atoms with Gasteiger partial charge in [0.1, 0.15) is 5.75 Å². The molecule has 0 aliphatic rings. The average Bonchev–Trinajstić information content (AvgIpc) is 2.67. The van der Waals surface area contributed by atoms with Crippen molar-refractivity contribution in [3.63, 3.8) is 0 Å². The number of methoxy groups -OCH3 is 1. The Labute approximate surface area is 172 Å². The number of rotatable bonds is 7. The van der Waals surface area contributed by atoms with Crippen LogP contribution in [0.5, 0.6) is 17.2 Å². The minimum absolute atomic E-state index is 0.0277. The zero-order valence-electron chi connectivity index (χ0n) is 16.1. The molecule has 2 N–H and O–H groups in total. The van der Waals surface area contributed by atoms with Crippen molar-refractivity contribution in [3.8, 4) is 17.2 Å². The van der Waals surface area contributed by atoms with E-state index < -0.39 is 17.9 Å². The lowest BCUT2D eigenvalue weighted by molar-refractivity contribution is -0.128. The number of ether oxygens (including phenoxy) is 3. The van der Waals surface area contributed by atoms with Gasteiger partial charge in [-0.15, -0.1) is 0 Å². The van der Waals surface area contributed by atoms with Gasteiger partial charge >= 0.3 is 0 Å². The molecule has 0 fully saturated rings. The quantitative estimate of drug-likeness (QED) is 0.630. The van der Waals surface area contributed by atoms with Gasteiger partial charge in [0.2, 0.25) is 0 Å². The van der Waals surface area contributed by atoms with Gasteiger partial charge in [0.25, 0.3) is 11.8 Å². The highest BCUT2D eigenvalue weighted by atomic mass is 79.9. The largest absolute Gasteiger partial charge is 0.493 e. The van der Waals surface area contributed by atoms with E-state index in [1.807, 2.05) is 26.0 Å². The van der Waals surface area contributed by atoms with Gasteiger partial charge in [-0.3, -0.25) is 20.4 Å². The number of carbonyl (C=O) groups is 2. The van der Waals surface area contributed by atoms with Crippen molar-refractivity contribution >= 4 is 27.7 Å². The van der Waals surface area contributed by atoms with Crippen molar-refractivity contribution in [1.29, 1.82) is 0 Å². The summed E-state index contributed by atoms with van der Waals surface area (Å²) >= 11 is 3.33. The Bertz CT molecular complexity index is 824.